The molecule has 0 saturated heterocycles. The number of H-pyrrole nitrogens is 1. The zero-order valence-electron chi connectivity index (χ0n) is 11.7. The summed E-state index contributed by atoms with van der Waals surface area (Å²) in [6, 6.07) is 10.8. The van der Waals surface area contributed by atoms with Crippen LogP contribution in [0.2, 0.25) is 0 Å². The summed E-state index contributed by atoms with van der Waals surface area (Å²) in [4.78, 5) is 21.8. The Morgan fingerprint density at radius 2 is 1.82 bits per heavy atom. The number of nitrogen functional groups attached to an aromatic ring is 1. The van der Waals surface area contributed by atoms with Gasteiger partial charge in [-0.2, -0.15) is 0 Å². The number of nitrogens with one attached hydrogen (secondary N) is 1. The summed E-state index contributed by atoms with van der Waals surface area (Å²) in [6.07, 6.45) is 4.71. The molecule has 6 heteroatoms. The predicted molar refractivity (Wildman–Crippen MR) is 83.3 cm³/mol. The van der Waals surface area contributed by atoms with Crippen LogP contribution in [0.5, 0.6) is 5.75 Å². The average molecular weight is 294 g/mol. The summed E-state index contributed by atoms with van der Waals surface area (Å²) in [5.41, 5.74) is 8.22. The van der Waals surface area contributed by atoms with Gasteiger partial charge in [-0.15, -0.1) is 0 Å². The molecule has 2 aromatic heterocycles. The number of anilines is 1. The van der Waals surface area contributed by atoms with Gasteiger partial charge in [-0.1, -0.05) is 24.3 Å². The molecule has 0 radical (unpaired) electrons. The normalized spacial score (nSPS) is 10.4. The number of hydrogen-bond acceptors (Lipinski definition) is 5. The van der Waals surface area contributed by atoms with Gasteiger partial charge in [0.25, 0.3) is 0 Å². The Morgan fingerprint density at radius 1 is 1.05 bits per heavy atom. The first-order valence-corrected chi connectivity index (χ1v) is 6.70. The first-order chi connectivity index (χ1) is 10.7. The summed E-state index contributed by atoms with van der Waals surface area (Å²) in [7, 11) is 0. The molecule has 3 rings (SSSR count). The molecule has 2 heterocycles. The maximum Gasteiger partial charge on any atom is 0.248 e. The van der Waals surface area contributed by atoms with Gasteiger partial charge in [0, 0.05) is 30.2 Å². The molecule has 0 aliphatic carbocycles. The molecular weight excluding hydrogens is 280 g/mol. The van der Waals surface area contributed by atoms with Crippen LogP contribution in [0.3, 0.4) is 0 Å². The summed E-state index contributed by atoms with van der Waals surface area (Å²) in [6.45, 7) is 0.405. The van der Waals surface area contributed by atoms with Crippen molar-refractivity contribution < 1.29 is 4.74 Å². The maximum absolute atomic E-state index is 11.0. The van der Waals surface area contributed by atoms with Crippen LogP contribution in [-0.4, -0.2) is 15.0 Å². The molecule has 1 aromatic carbocycles. The molecule has 0 saturated carbocycles. The number of hydrogen-bond donors (Lipinski definition) is 2. The molecule has 0 spiro atoms. The highest BCUT2D eigenvalue weighted by atomic mass is 16.5. The lowest BCUT2D eigenvalue weighted by molar-refractivity contribution is 0.305. The third-order valence-electron chi connectivity index (χ3n) is 3.12. The highest BCUT2D eigenvalue weighted by molar-refractivity contribution is 5.69. The summed E-state index contributed by atoms with van der Waals surface area (Å²) in [5, 5.41) is 0. The van der Waals surface area contributed by atoms with Gasteiger partial charge in [0.15, 0.2) is 0 Å². The average Bonchev–Trinajstić information content (AvgIpc) is 2.55. The molecule has 6 nitrogen and oxygen atoms in total. The van der Waals surface area contributed by atoms with Crippen LogP contribution in [0.15, 0.2) is 59.8 Å². The number of nitrogens with two attached hydrogens (primary N) is 1. The van der Waals surface area contributed by atoms with Crippen LogP contribution in [-0.2, 0) is 6.61 Å². The van der Waals surface area contributed by atoms with Crippen molar-refractivity contribution in [2.45, 2.75) is 6.61 Å². The molecule has 0 aliphatic heterocycles. The van der Waals surface area contributed by atoms with Crippen LogP contribution in [0.4, 0.5) is 5.82 Å². The van der Waals surface area contributed by atoms with Crippen molar-refractivity contribution in [3.63, 3.8) is 0 Å². The van der Waals surface area contributed by atoms with Gasteiger partial charge in [-0.3, -0.25) is 9.78 Å². The molecule has 22 heavy (non-hydrogen) atoms. The molecule has 0 unspecified atom stereocenters. The Hall–Kier alpha value is -3.15. The molecular formula is C16H14N4O2. The van der Waals surface area contributed by atoms with Gasteiger partial charge in [0.05, 0.1) is 0 Å². The number of pyridine rings is 1. The number of ether oxygens (including phenoxy) is 1. The molecule has 0 fully saturated rings. The van der Waals surface area contributed by atoms with Crippen LogP contribution in [0.1, 0.15) is 5.56 Å². The van der Waals surface area contributed by atoms with E-state index in [0.717, 1.165) is 11.1 Å². The highest BCUT2D eigenvalue weighted by Gasteiger charge is 2.04. The Bertz CT molecular complexity index is 808. The SMILES string of the molecule is Nc1nccnc1-c1ccc(COc2ccc(=O)[nH]c2)cc1. The van der Waals surface area contributed by atoms with Crippen molar-refractivity contribution in [2.24, 2.45) is 0 Å². The van der Waals surface area contributed by atoms with Crippen molar-refractivity contribution in [3.05, 3.63) is 70.9 Å². The van der Waals surface area contributed by atoms with Crippen LogP contribution < -0.4 is 16.0 Å². The zero-order valence-corrected chi connectivity index (χ0v) is 11.7. The van der Waals surface area contributed by atoms with Crippen molar-refractivity contribution in [1.29, 1.82) is 0 Å². The van der Waals surface area contributed by atoms with Crippen molar-refractivity contribution >= 4 is 5.82 Å². The molecule has 3 N–H and O–H groups in total. The standard InChI is InChI=1S/C16H14N4O2/c17-16-15(18-7-8-19-16)12-3-1-11(2-4-12)10-22-13-5-6-14(21)20-9-13/h1-9H,10H2,(H2,17,19)(H,20,21). The molecule has 0 bridgehead atoms. The Morgan fingerprint density at radius 3 is 2.50 bits per heavy atom. The summed E-state index contributed by atoms with van der Waals surface area (Å²) >= 11 is 0. The van der Waals surface area contributed by atoms with Crippen LogP contribution >= 0.6 is 0 Å². The summed E-state index contributed by atoms with van der Waals surface area (Å²) in [5.74, 6) is 1.02. The molecule has 110 valence electrons. The van der Waals surface area contributed by atoms with E-state index in [1.54, 1.807) is 18.5 Å². The monoisotopic (exact) mass is 294 g/mol. The number of aromatic nitrogens is 3. The fraction of sp³-hybridized carbons (Fsp3) is 0.0625. The Balaban J connectivity index is 1.70. The van der Waals surface area contributed by atoms with E-state index in [1.807, 2.05) is 24.3 Å². The van der Waals surface area contributed by atoms with Gasteiger partial charge in [-0.05, 0) is 11.6 Å². The maximum atomic E-state index is 11.0. The number of benzene rings is 1. The van der Waals surface area contributed by atoms with Gasteiger partial charge in [0.2, 0.25) is 5.56 Å². The first kappa shape index (κ1) is 13.8. The van der Waals surface area contributed by atoms with E-state index in [1.165, 1.54) is 12.3 Å². The quantitative estimate of drug-likeness (QED) is 0.767. The van der Waals surface area contributed by atoms with Crippen molar-refractivity contribution in [3.8, 4) is 17.0 Å². The van der Waals surface area contributed by atoms with E-state index in [2.05, 4.69) is 15.0 Å². The van der Waals surface area contributed by atoms with Crippen molar-refractivity contribution in [1.82, 2.24) is 15.0 Å². The molecule has 0 amide bonds. The second-order valence-corrected chi connectivity index (χ2v) is 4.66. The third-order valence-corrected chi connectivity index (χ3v) is 3.12. The van der Waals surface area contributed by atoms with Gasteiger partial charge in [-0.25, -0.2) is 4.98 Å². The van der Waals surface area contributed by atoms with E-state index < -0.39 is 0 Å². The van der Waals surface area contributed by atoms with Gasteiger partial charge in [0.1, 0.15) is 23.9 Å². The lowest BCUT2D eigenvalue weighted by atomic mass is 10.1. The Labute approximate surface area is 126 Å². The first-order valence-electron chi connectivity index (χ1n) is 6.70. The van der Waals surface area contributed by atoms with E-state index >= 15 is 0 Å². The smallest absolute Gasteiger partial charge is 0.248 e. The second kappa shape index (κ2) is 6.09. The zero-order chi connectivity index (χ0) is 15.4. The fourth-order valence-electron chi connectivity index (χ4n) is 1.98. The van der Waals surface area contributed by atoms with Crippen LogP contribution in [0, 0.1) is 0 Å². The number of aromatic amines is 1. The van der Waals surface area contributed by atoms with Crippen molar-refractivity contribution in [2.75, 3.05) is 5.73 Å². The van der Waals surface area contributed by atoms with Gasteiger partial charge >= 0.3 is 0 Å². The lowest BCUT2D eigenvalue weighted by Gasteiger charge is -2.07. The molecule has 3 aromatic rings. The summed E-state index contributed by atoms with van der Waals surface area (Å²) < 4.78 is 5.59. The molecule has 0 atom stereocenters. The largest absolute Gasteiger partial charge is 0.487 e. The number of nitrogens with zero attached hydrogens (tertiary/aromatic N) is 2. The Kier molecular flexibility index (Phi) is 3.82. The lowest BCUT2D eigenvalue weighted by Crippen LogP contribution is -2.03. The van der Waals surface area contributed by atoms with E-state index in [9.17, 15) is 4.79 Å². The minimum absolute atomic E-state index is 0.154. The number of rotatable bonds is 4. The highest BCUT2D eigenvalue weighted by Crippen LogP contribution is 2.21. The van der Waals surface area contributed by atoms with Gasteiger partial charge < -0.3 is 15.5 Å². The minimum Gasteiger partial charge on any atom is -0.487 e. The fourth-order valence-corrected chi connectivity index (χ4v) is 1.98. The topological polar surface area (TPSA) is 93.9 Å². The predicted octanol–water partition coefficient (Wildman–Crippen LogP) is 1.99. The second-order valence-electron chi connectivity index (χ2n) is 4.66. The van der Waals surface area contributed by atoms with E-state index in [0.29, 0.717) is 23.9 Å². The minimum atomic E-state index is -0.154. The van der Waals surface area contributed by atoms with E-state index in [4.69, 9.17) is 10.5 Å². The third kappa shape index (κ3) is 3.12. The molecule has 0 aliphatic rings. The van der Waals surface area contributed by atoms with Crippen LogP contribution in [0.25, 0.3) is 11.3 Å². The van der Waals surface area contributed by atoms with E-state index in [-0.39, 0.29) is 5.56 Å².